The van der Waals surface area contributed by atoms with Crippen molar-refractivity contribution < 1.29 is 9.50 Å². The van der Waals surface area contributed by atoms with E-state index in [0.29, 0.717) is 18.4 Å². The van der Waals surface area contributed by atoms with Gasteiger partial charge in [0, 0.05) is 5.56 Å². The van der Waals surface area contributed by atoms with Gasteiger partial charge in [-0.1, -0.05) is 31.9 Å². The highest BCUT2D eigenvalue weighted by molar-refractivity contribution is 5.30. The third kappa shape index (κ3) is 1.91. The molecule has 0 spiro atoms. The van der Waals surface area contributed by atoms with Crippen LogP contribution in [0.2, 0.25) is 0 Å². The third-order valence-corrected chi connectivity index (χ3v) is 3.37. The molecule has 0 heterocycles. The molecular formula is C13H17FO. The van der Waals surface area contributed by atoms with Crippen molar-refractivity contribution in [1.82, 2.24) is 0 Å². The molecule has 0 aromatic heterocycles. The standard InChI is InChI=1S/C13H17FO/c1-2-10-5-6-12(14)11(9-10)13(15)7-3-4-8-13/h5-6,9,15H,2-4,7-8H2,1H3. The molecule has 0 bridgehead atoms. The second kappa shape index (κ2) is 3.93. The molecular weight excluding hydrogens is 191 g/mol. The second-order valence-electron chi connectivity index (χ2n) is 4.41. The van der Waals surface area contributed by atoms with Crippen LogP contribution >= 0.6 is 0 Å². The zero-order valence-electron chi connectivity index (χ0n) is 9.09. The van der Waals surface area contributed by atoms with Crippen molar-refractivity contribution in [3.63, 3.8) is 0 Å². The summed E-state index contributed by atoms with van der Waals surface area (Å²) in [5.74, 6) is -0.267. The first-order chi connectivity index (χ1) is 7.15. The van der Waals surface area contributed by atoms with Crippen LogP contribution in [-0.2, 0) is 12.0 Å². The fourth-order valence-corrected chi connectivity index (χ4v) is 2.38. The summed E-state index contributed by atoms with van der Waals surface area (Å²) < 4.78 is 13.6. The van der Waals surface area contributed by atoms with Crippen LogP contribution in [0.5, 0.6) is 0 Å². The van der Waals surface area contributed by atoms with Gasteiger partial charge < -0.3 is 5.11 Å². The van der Waals surface area contributed by atoms with Gasteiger partial charge in [-0.25, -0.2) is 4.39 Å². The monoisotopic (exact) mass is 208 g/mol. The molecule has 1 aliphatic carbocycles. The summed E-state index contributed by atoms with van der Waals surface area (Å²) in [6, 6.07) is 5.09. The molecule has 1 fully saturated rings. The van der Waals surface area contributed by atoms with Crippen LogP contribution < -0.4 is 0 Å². The quantitative estimate of drug-likeness (QED) is 0.791. The van der Waals surface area contributed by atoms with Crippen molar-refractivity contribution in [2.24, 2.45) is 0 Å². The van der Waals surface area contributed by atoms with Crippen LogP contribution in [0, 0.1) is 5.82 Å². The van der Waals surface area contributed by atoms with Crippen LogP contribution in [0.3, 0.4) is 0 Å². The third-order valence-electron chi connectivity index (χ3n) is 3.37. The van der Waals surface area contributed by atoms with E-state index in [2.05, 4.69) is 0 Å². The SMILES string of the molecule is CCc1ccc(F)c(C2(O)CCCC2)c1. The normalized spacial score (nSPS) is 19.4. The molecule has 1 aliphatic rings. The number of benzene rings is 1. The molecule has 1 aromatic rings. The Morgan fingerprint density at radius 3 is 2.60 bits per heavy atom. The largest absolute Gasteiger partial charge is 0.385 e. The van der Waals surface area contributed by atoms with Gasteiger partial charge in [0.2, 0.25) is 0 Å². The van der Waals surface area contributed by atoms with Gasteiger partial charge >= 0.3 is 0 Å². The number of halogens is 1. The number of rotatable bonds is 2. The molecule has 1 nitrogen and oxygen atoms in total. The fraction of sp³-hybridized carbons (Fsp3) is 0.538. The number of hydrogen-bond acceptors (Lipinski definition) is 1. The van der Waals surface area contributed by atoms with Gasteiger partial charge in [0.25, 0.3) is 0 Å². The molecule has 0 aliphatic heterocycles. The highest BCUT2D eigenvalue weighted by Gasteiger charge is 2.35. The van der Waals surface area contributed by atoms with Gasteiger partial charge in [-0.3, -0.25) is 0 Å². The maximum Gasteiger partial charge on any atom is 0.129 e. The van der Waals surface area contributed by atoms with E-state index >= 15 is 0 Å². The molecule has 1 aromatic carbocycles. The summed E-state index contributed by atoms with van der Waals surface area (Å²) in [4.78, 5) is 0. The fourth-order valence-electron chi connectivity index (χ4n) is 2.38. The topological polar surface area (TPSA) is 20.2 Å². The molecule has 1 N–H and O–H groups in total. The van der Waals surface area contributed by atoms with Gasteiger partial charge in [-0.15, -0.1) is 0 Å². The first-order valence-corrected chi connectivity index (χ1v) is 5.67. The second-order valence-corrected chi connectivity index (χ2v) is 4.41. The Balaban J connectivity index is 2.41. The van der Waals surface area contributed by atoms with Crippen LogP contribution in [0.15, 0.2) is 18.2 Å². The van der Waals surface area contributed by atoms with Gasteiger partial charge in [-0.05, 0) is 30.9 Å². The van der Waals surface area contributed by atoms with Crippen molar-refractivity contribution >= 4 is 0 Å². The summed E-state index contributed by atoms with van der Waals surface area (Å²) in [5, 5.41) is 10.3. The maximum absolute atomic E-state index is 13.6. The maximum atomic E-state index is 13.6. The minimum atomic E-state index is -0.907. The van der Waals surface area contributed by atoms with E-state index in [9.17, 15) is 9.50 Å². The lowest BCUT2D eigenvalue weighted by Gasteiger charge is -2.23. The van der Waals surface area contributed by atoms with Crippen molar-refractivity contribution in [3.05, 3.63) is 35.1 Å². The lowest BCUT2D eigenvalue weighted by atomic mass is 9.90. The van der Waals surface area contributed by atoms with Gasteiger partial charge in [-0.2, -0.15) is 0 Å². The Morgan fingerprint density at radius 1 is 1.33 bits per heavy atom. The molecule has 0 atom stereocenters. The molecule has 82 valence electrons. The van der Waals surface area contributed by atoms with E-state index in [1.54, 1.807) is 6.07 Å². The van der Waals surface area contributed by atoms with Crippen molar-refractivity contribution in [3.8, 4) is 0 Å². The van der Waals surface area contributed by atoms with E-state index in [0.717, 1.165) is 24.8 Å². The molecule has 15 heavy (non-hydrogen) atoms. The Labute approximate surface area is 89.9 Å². The summed E-state index contributed by atoms with van der Waals surface area (Å²) in [6.07, 6.45) is 4.25. The molecule has 2 rings (SSSR count). The average Bonchev–Trinajstić information content (AvgIpc) is 2.67. The molecule has 0 amide bonds. The summed E-state index contributed by atoms with van der Waals surface area (Å²) in [6.45, 7) is 2.04. The van der Waals surface area contributed by atoms with E-state index in [1.807, 2.05) is 13.0 Å². The predicted molar refractivity (Wildman–Crippen MR) is 58.1 cm³/mol. The zero-order valence-corrected chi connectivity index (χ0v) is 9.09. The Bertz CT molecular complexity index is 354. The van der Waals surface area contributed by atoms with E-state index in [1.165, 1.54) is 6.07 Å². The van der Waals surface area contributed by atoms with E-state index in [-0.39, 0.29) is 5.82 Å². The highest BCUT2D eigenvalue weighted by Crippen LogP contribution is 2.39. The first kappa shape index (κ1) is 10.6. The van der Waals surface area contributed by atoms with Crippen LogP contribution in [0.4, 0.5) is 4.39 Å². The smallest absolute Gasteiger partial charge is 0.129 e. The van der Waals surface area contributed by atoms with E-state index in [4.69, 9.17) is 0 Å². The predicted octanol–water partition coefficient (Wildman–Crippen LogP) is 3.15. The lowest BCUT2D eigenvalue weighted by molar-refractivity contribution is 0.0407. The van der Waals surface area contributed by atoms with Crippen LogP contribution in [0.1, 0.15) is 43.7 Å². The van der Waals surface area contributed by atoms with Gasteiger partial charge in [0.1, 0.15) is 5.82 Å². The highest BCUT2D eigenvalue weighted by atomic mass is 19.1. The van der Waals surface area contributed by atoms with Crippen molar-refractivity contribution in [2.75, 3.05) is 0 Å². The Kier molecular flexibility index (Phi) is 2.79. The summed E-state index contributed by atoms with van der Waals surface area (Å²) in [5.41, 5.74) is 0.681. The lowest BCUT2D eigenvalue weighted by Crippen LogP contribution is -2.22. The van der Waals surface area contributed by atoms with Crippen LogP contribution in [-0.4, -0.2) is 5.11 Å². The van der Waals surface area contributed by atoms with E-state index < -0.39 is 5.60 Å². The first-order valence-electron chi connectivity index (χ1n) is 5.67. The molecule has 0 radical (unpaired) electrons. The molecule has 0 saturated heterocycles. The zero-order chi connectivity index (χ0) is 10.9. The summed E-state index contributed by atoms with van der Waals surface area (Å²) >= 11 is 0. The van der Waals surface area contributed by atoms with Crippen molar-refractivity contribution in [2.45, 2.75) is 44.6 Å². The number of aliphatic hydroxyl groups is 1. The molecule has 0 unspecified atom stereocenters. The summed E-state index contributed by atoms with van der Waals surface area (Å²) in [7, 11) is 0. The molecule has 2 heteroatoms. The average molecular weight is 208 g/mol. The Morgan fingerprint density at radius 2 is 2.00 bits per heavy atom. The number of aryl methyl sites for hydroxylation is 1. The minimum absolute atomic E-state index is 0.267. The molecule has 1 saturated carbocycles. The minimum Gasteiger partial charge on any atom is -0.385 e. The van der Waals surface area contributed by atoms with Gasteiger partial charge in [0.15, 0.2) is 0 Å². The van der Waals surface area contributed by atoms with Crippen LogP contribution in [0.25, 0.3) is 0 Å². The number of hydrogen-bond donors (Lipinski definition) is 1. The Hall–Kier alpha value is -0.890. The van der Waals surface area contributed by atoms with Crippen molar-refractivity contribution in [1.29, 1.82) is 0 Å². The van der Waals surface area contributed by atoms with Gasteiger partial charge in [0.05, 0.1) is 5.60 Å².